The quantitative estimate of drug-likeness (QED) is 0.777. The van der Waals surface area contributed by atoms with Gasteiger partial charge in [0.05, 0.1) is 18.6 Å². The molecule has 7 heteroatoms. The summed E-state index contributed by atoms with van der Waals surface area (Å²) in [5, 5.41) is 9.50. The Morgan fingerprint density at radius 1 is 1.31 bits per heavy atom. The molecule has 2 heterocycles. The number of hydrogen-bond acceptors (Lipinski definition) is 4. The Morgan fingerprint density at radius 2 is 2.10 bits per heavy atom. The molecule has 2 atom stereocenters. The molecule has 29 heavy (non-hydrogen) atoms. The SMILES string of the molecule is CCN1C(=O)CC[C@@H](C(=O)N(CCO)Cc2cccnc2)[C@@H]1c1ccccc1F. The van der Waals surface area contributed by atoms with Crippen LogP contribution in [0.5, 0.6) is 0 Å². The first kappa shape index (κ1) is 20.9. The highest BCUT2D eigenvalue weighted by Gasteiger charge is 2.42. The molecule has 0 aliphatic carbocycles. The number of nitrogens with zero attached hydrogens (tertiary/aromatic N) is 3. The maximum atomic E-state index is 14.6. The molecule has 0 radical (unpaired) electrons. The maximum Gasteiger partial charge on any atom is 0.228 e. The van der Waals surface area contributed by atoms with Crippen molar-refractivity contribution in [1.29, 1.82) is 0 Å². The zero-order valence-electron chi connectivity index (χ0n) is 16.5. The lowest BCUT2D eigenvalue weighted by atomic mass is 9.83. The lowest BCUT2D eigenvalue weighted by molar-refractivity contribution is -0.148. The molecular weight excluding hydrogens is 373 g/mol. The molecular formula is C22H26FN3O3. The Labute approximate surface area is 170 Å². The second kappa shape index (κ2) is 9.60. The van der Waals surface area contributed by atoms with Crippen LogP contribution in [0.15, 0.2) is 48.8 Å². The molecule has 6 nitrogen and oxygen atoms in total. The lowest BCUT2D eigenvalue weighted by Crippen LogP contribution is -2.49. The van der Waals surface area contributed by atoms with E-state index < -0.39 is 17.8 Å². The summed E-state index contributed by atoms with van der Waals surface area (Å²) < 4.78 is 14.6. The third-order valence-corrected chi connectivity index (χ3v) is 5.37. The van der Waals surface area contributed by atoms with E-state index in [9.17, 15) is 19.1 Å². The van der Waals surface area contributed by atoms with Crippen molar-refractivity contribution in [2.45, 2.75) is 32.4 Å². The highest BCUT2D eigenvalue weighted by atomic mass is 19.1. The molecule has 2 amide bonds. The number of hydrogen-bond donors (Lipinski definition) is 1. The third kappa shape index (κ3) is 4.62. The van der Waals surface area contributed by atoms with Gasteiger partial charge in [0.2, 0.25) is 11.8 Å². The largest absolute Gasteiger partial charge is 0.395 e. The maximum absolute atomic E-state index is 14.6. The Balaban J connectivity index is 1.94. The van der Waals surface area contributed by atoms with Gasteiger partial charge in [0, 0.05) is 44.0 Å². The fourth-order valence-electron chi connectivity index (χ4n) is 4.02. The zero-order valence-corrected chi connectivity index (χ0v) is 16.5. The molecule has 1 aromatic heterocycles. The fourth-order valence-corrected chi connectivity index (χ4v) is 4.02. The minimum absolute atomic E-state index is 0.0780. The van der Waals surface area contributed by atoms with Gasteiger partial charge in [-0.1, -0.05) is 24.3 Å². The minimum atomic E-state index is -0.662. The molecule has 1 aliphatic heterocycles. The normalized spacial score (nSPS) is 19.3. The first-order valence-corrected chi connectivity index (χ1v) is 9.89. The summed E-state index contributed by atoms with van der Waals surface area (Å²) in [6.07, 6.45) is 3.92. The van der Waals surface area contributed by atoms with Crippen LogP contribution in [-0.2, 0) is 16.1 Å². The predicted molar refractivity (Wildman–Crippen MR) is 106 cm³/mol. The molecule has 0 spiro atoms. The molecule has 1 fully saturated rings. The number of likely N-dealkylation sites (tertiary alicyclic amines) is 1. The number of pyridine rings is 1. The van der Waals surface area contributed by atoms with Gasteiger partial charge in [0.25, 0.3) is 0 Å². The van der Waals surface area contributed by atoms with Crippen LogP contribution < -0.4 is 0 Å². The Kier molecular flexibility index (Phi) is 6.93. The van der Waals surface area contributed by atoms with Crippen LogP contribution in [0.25, 0.3) is 0 Å². The van der Waals surface area contributed by atoms with E-state index in [2.05, 4.69) is 4.98 Å². The molecule has 1 N–H and O–H groups in total. The smallest absolute Gasteiger partial charge is 0.228 e. The summed E-state index contributed by atoms with van der Waals surface area (Å²) in [7, 11) is 0. The molecule has 3 rings (SSSR count). The number of carbonyl (C=O) groups excluding carboxylic acids is 2. The van der Waals surface area contributed by atoms with Crippen LogP contribution in [-0.4, -0.2) is 51.4 Å². The molecule has 0 unspecified atom stereocenters. The van der Waals surface area contributed by atoms with Crippen LogP contribution in [0.4, 0.5) is 4.39 Å². The molecule has 2 aromatic rings. The Hall–Kier alpha value is -2.80. The fraction of sp³-hybridized carbons (Fsp3) is 0.409. The average molecular weight is 399 g/mol. The summed E-state index contributed by atoms with van der Waals surface area (Å²) in [6.45, 7) is 2.51. The van der Waals surface area contributed by atoms with Gasteiger partial charge in [-0.25, -0.2) is 4.39 Å². The molecule has 0 bridgehead atoms. The Bertz CT molecular complexity index is 846. The Morgan fingerprint density at radius 3 is 2.76 bits per heavy atom. The summed E-state index contributed by atoms with van der Waals surface area (Å²) in [6, 6.07) is 9.29. The van der Waals surface area contributed by atoms with Gasteiger partial charge in [-0.05, 0) is 31.0 Å². The summed E-state index contributed by atoms with van der Waals surface area (Å²) in [5.74, 6) is -1.27. The first-order chi connectivity index (χ1) is 14.1. The summed E-state index contributed by atoms with van der Waals surface area (Å²) in [5.41, 5.74) is 1.20. The highest BCUT2D eigenvalue weighted by Crippen LogP contribution is 2.38. The van der Waals surface area contributed by atoms with Gasteiger partial charge in [0.1, 0.15) is 5.82 Å². The molecule has 0 saturated carbocycles. The lowest BCUT2D eigenvalue weighted by Gasteiger charge is -2.42. The van der Waals surface area contributed by atoms with Gasteiger partial charge in [0.15, 0.2) is 0 Å². The predicted octanol–water partition coefficient (Wildman–Crippen LogP) is 2.54. The van der Waals surface area contributed by atoms with E-state index in [1.165, 1.54) is 6.07 Å². The first-order valence-electron chi connectivity index (χ1n) is 9.89. The van der Waals surface area contributed by atoms with Crippen molar-refractivity contribution in [3.63, 3.8) is 0 Å². The average Bonchev–Trinajstić information content (AvgIpc) is 2.74. The number of aromatic nitrogens is 1. The van der Waals surface area contributed by atoms with E-state index >= 15 is 0 Å². The van der Waals surface area contributed by atoms with Gasteiger partial charge in [-0.2, -0.15) is 0 Å². The van der Waals surface area contributed by atoms with E-state index in [1.807, 2.05) is 13.0 Å². The standard InChI is InChI=1S/C22H26FN3O3/c1-2-26-20(28)10-9-18(21(26)17-7-3-4-8-19(17)23)22(29)25(12-13-27)15-16-6-5-11-24-14-16/h3-8,11,14,18,21,27H,2,9-10,12-13,15H2,1H3/t18-,21+/m1/s1. The van der Waals surface area contributed by atoms with E-state index in [0.717, 1.165) is 5.56 Å². The van der Waals surface area contributed by atoms with Gasteiger partial charge >= 0.3 is 0 Å². The van der Waals surface area contributed by atoms with Crippen molar-refractivity contribution >= 4 is 11.8 Å². The summed E-state index contributed by atoms with van der Waals surface area (Å²) >= 11 is 0. The van der Waals surface area contributed by atoms with Crippen molar-refractivity contribution in [2.24, 2.45) is 5.92 Å². The second-order valence-electron chi connectivity index (χ2n) is 7.14. The van der Waals surface area contributed by atoms with E-state index in [1.54, 1.807) is 46.5 Å². The zero-order chi connectivity index (χ0) is 20.8. The number of aliphatic hydroxyl groups is 1. The van der Waals surface area contributed by atoms with Crippen LogP contribution in [0.3, 0.4) is 0 Å². The van der Waals surface area contributed by atoms with Gasteiger partial charge in [-0.3, -0.25) is 14.6 Å². The number of aliphatic hydroxyl groups excluding tert-OH is 1. The topological polar surface area (TPSA) is 73.7 Å². The van der Waals surface area contributed by atoms with Crippen LogP contribution in [0.1, 0.15) is 36.9 Å². The van der Waals surface area contributed by atoms with E-state index in [4.69, 9.17) is 0 Å². The summed E-state index contributed by atoms with van der Waals surface area (Å²) in [4.78, 5) is 33.2. The number of benzene rings is 1. The number of carbonyl (C=O) groups is 2. The second-order valence-corrected chi connectivity index (χ2v) is 7.14. The van der Waals surface area contributed by atoms with Crippen molar-refractivity contribution < 1.29 is 19.1 Å². The molecule has 1 aliphatic rings. The van der Waals surface area contributed by atoms with Crippen LogP contribution in [0.2, 0.25) is 0 Å². The third-order valence-electron chi connectivity index (χ3n) is 5.37. The van der Waals surface area contributed by atoms with Crippen LogP contribution >= 0.6 is 0 Å². The molecule has 154 valence electrons. The van der Waals surface area contributed by atoms with E-state index in [-0.39, 0.29) is 31.4 Å². The van der Waals surface area contributed by atoms with Crippen molar-refractivity contribution in [2.75, 3.05) is 19.7 Å². The van der Waals surface area contributed by atoms with E-state index in [0.29, 0.717) is 25.1 Å². The molecule has 1 saturated heterocycles. The minimum Gasteiger partial charge on any atom is -0.395 e. The van der Waals surface area contributed by atoms with Crippen molar-refractivity contribution in [3.05, 3.63) is 65.7 Å². The highest BCUT2D eigenvalue weighted by molar-refractivity contribution is 5.85. The van der Waals surface area contributed by atoms with Gasteiger partial charge < -0.3 is 14.9 Å². The van der Waals surface area contributed by atoms with Crippen molar-refractivity contribution in [3.8, 4) is 0 Å². The number of rotatable bonds is 7. The number of halogens is 1. The number of amides is 2. The van der Waals surface area contributed by atoms with Gasteiger partial charge in [-0.15, -0.1) is 0 Å². The monoisotopic (exact) mass is 399 g/mol. The van der Waals surface area contributed by atoms with Crippen molar-refractivity contribution in [1.82, 2.24) is 14.8 Å². The number of piperidine rings is 1. The molecule has 1 aromatic carbocycles. The van der Waals surface area contributed by atoms with Crippen LogP contribution in [0, 0.1) is 11.7 Å².